The first-order valence-corrected chi connectivity index (χ1v) is 8.01. The van der Waals surface area contributed by atoms with E-state index < -0.39 is 0 Å². The van der Waals surface area contributed by atoms with Crippen LogP contribution in [0.15, 0.2) is 0 Å². The van der Waals surface area contributed by atoms with Crippen molar-refractivity contribution in [2.45, 2.75) is 62.5 Å². The van der Waals surface area contributed by atoms with Gasteiger partial charge in [0, 0.05) is 11.8 Å². The highest BCUT2D eigenvalue weighted by Crippen LogP contribution is 2.29. The van der Waals surface area contributed by atoms with Crippen LogP contribution in [0.2, 0.25) is 0 Å². The second-order valence-corrected chi connectivity index (χ2v) is 6.17. The van der Waals surface area contributed by atoms with Crippen LogP contribution in [-0.4, -0.2) is 32.0 Å². The second-order valence-electron chi connectivity index (χ2n) is 4.89. The van der Waals surface area contributed by atoms with Crippen LogP contribution in [0.4, 0.5) is 0 Å². The molecule has 0 atom stereocenters. The van der Waals surface area contributed by atoms with Crippen LogP contribution < -0.4 is 5.73 Å². The molecule has 18 heavy (non-hydrogen) atoms. The van der Waals surface area contributed by atoms with Crippen LogP contribution in [-0.2, 0) is 12.3 Å². The van der Waals surface area contributed by atoms with Gasteiger partial charge >= 0.3 is 0 Å². The largest absolute Gasteiger partial charge is 0.330 e. The van der Waals surface area contributed by atoms with E-state index in [1.807, 2.05) is 16.4 Å². The average molecular weight is 269 g/mol. The average Bonchev–Trinajstić information content (AvgIpc) is 2.86. The van der Waals surface area contributed by atoms with Gasteiger partial charge in [-0.3, -0.25) is 0 Å². The topological polar surface area (TPSA) is 69.6 Å². The van der Waals surface area contributed by atoms with Crippen molar-refractivity contribution >= 4 is 11.8 Å². The predicted molar refractivity (Wildman–Crippen MR) is 74.3 cm³/mol. The zero-order chi connectivity index (χ0) is 12.6. The van der Waals surface area contributed by atoms with Gasteiger partial charge in [-0.1, -0.05) is 19.3 Å². The molecule has 5 nitrogen and oxygen atoms in total. The summed E-state index contributed by atoms with van der Waals surface area (Å²) in [5.41, 5.74) is 5.50. The Morgan fingerprint density at radius 1 is 1.22 bits per heavy atom. The molecule has 1 fully saturated rings. The fourth-order valence-corrected chi connectivity index (χ4v) is 3.59. The summed E-state index contributed by atoms with van der Waals surface area (Å²) in [5, 5.41) is 12.8. The van der Waals surface area contributed by atoms with E-state index in [2.05, 4.69) is 15.5 Å². The van der Waals surface area contributed by atoms with Crippen LogP contribution in [0.1, 0.15) is 50.8 Å². The maximum absolute atomic E-state index is 5.50. The van der Waals surface area contributed by atoms with Crippen molar-refractivity contribution in [2.75, 3.05) is 6.54 Å². The Morgan fingerprint density at radius 3 is 2.83 bits per heavy atom. The minimum Gasteiger partial charge on any atom is -0.330 e. The molecule has 6 heteroatoms. The first-order chi connectivity index (χ1) is 8.90. The number of tetrazole rings is 1. The van der Waals surface area contributed by atoms with Crippen molar-refractivity contribution in [3.05, 3.63) is 5.82 Å². The number of nitrogens with zero attached hydrogens (tertiary/aromatic N) is 4. The number of aryl methyl sites for hydroxylation is 1. The van der Waals surface area contributed by atoms with Gasteiger partial charge in [0.25, 0.3) is 0 Å². The van der Waals surface area contributed by atoms with Crippen molar-refractivity contribution in [3.8, 4) is 0 Å². The maximum Gasteiger partial charge on any atom is 0.161 e. The molecule has 1 aromatic rings. The molecule has 0 bridgehead atoms. The standard InChI is InChI=1S/C12H23N5S/c13-8-4-5-9-17-12(14-15-16-17)10-18-11-6-2-1-3-7-11/h11H,1-10,13H2. The molecule has 0 saturated heterocycles. The molecule has 2 rings (SSSR count). The molecule has 102 valence electrons. The number of nitrogens with two attached hydrogens (primary N) is 1. The third-order valence-electron chi connectivity index (χ3n) is 3.43. The Balaban J connectivity index is 1.75. The van der Waals surface area contributed by atoms with E-state index in [0.29, 0.717) is 0 Å². The highest BCUT2D eigenvalue weighted by Gasteiger charge is 2.15. The predicted octanol–water partition coefficient (Wildman–Crippen LogP) is 1.98. The second kappa shape index (κ2) is 7.74. The highest BCUT2D eigenvalue weighted by molar-refractivity contribution is 7.99. The molecule has 2 N–H and O–H groups in total. The van der Waals surface area contributed by atoms with Gasteiger partial charge < -0.3 is 5.73 Å². The molecule has 0 unspecified atom stereocenters. The van der Waals surface area contributed by atoms with Crippen LogP contribution in [0.25, 0.3) is 0 Å². The zero-order valence-corrected chi connectivity index (χ0v) is 11.7. The lowest BCUT2D eigenvalue weighted by atomic mass is 10.0. The molecular formula is C12H23N5S. The van der Waals surface area contributed by atoms with E-state index in [0.717, 1.165) is 42.8 Å². The smallest absolute Gasteiger partial charge is 0.161 e. The molecule has 0 spiro atoms. The quantitative estimate of drug-likeness (QED) is 0.766. The van der Waals surface area contributed by atoms with Crippen molar-refractivity contribution in [3.63, 3.8) is 0 Å². The van der Waals surface area contributed by atoms with Crippen LogP contribution in [0, 0.1) is 0 Å². The fraction of sp³-hybridized carbons (Fsp3) is 0.917. The summed E-state index contributed by atoms with van der Waals surface area (Å²) in [4.78, 5) is 0. The molecular weight excluding hydrogens is 246 g/mol. The van der Waals surface area contributed by atoms with Crippen molar-refractivity contribution < 1.29 is 0 Å². The number of unbranched alkanes of at least 4 members (excludes halogenated alkanes) is 1. The third-order valence-corrected chi connectivity index (χ3v) is 4.80. The Labute approximate surface area is 113 Å². The number of thioether (sulfide) groups is 1. The van der Waals surface area contributed by atoms with E-state index in [4.69, 9.17) is 5.73 Å². The molecule has 1 aromatic heterocycles. The minimum atomic E-state index is 0.744. The van der Waals surface area contributed by atoms with Crippen molar-refractivity contribution in [2.24, 2.45) is 5.73 Å². The summed E-state index contributed by atoms with van der Waals surface area (Å²) in [7, 11) is 0. The SMILES string of the molecule is NCCCCn1nnnc1CSC1CCCCC1. The Morgan fingerprint density at radius 2 is 2.06 bits per heavy atom. The van der Waals surface area contributed by atoms with Crippen LogP contribution in [0.3, 0.4) is 0 Å². The molecule has 1 aliphatic rings. The Bertz CT molecular complexity index is 335. The van der Waals surface area contributed by atoms with Gasteiger partial charge in [0.05, 0.1) is 5.75 Å². The Hall–Kier alpha value is -0.620. The first-order valence-electron chi connectivity index (χ1n) is 6.97. The summed E-state index contributed by atoms with van der Waals surface area (Å²) >= 11 is 2.02. The number of hydrogen-bond donors (Lipinski definition) is 1. The van der Waals surface area contributed by atoms with Gasteiger partial charge in [-0.05, 0) is 42.7 Å². The number of rotatable bonds is 7. The van der Waals surface area contributed by atoms with Gasteiger partial charge in [-0.25, -0.2) is 4.68 Å². The molecule has 0 radical (unpaired) electrons. The highest BCUT2D eigenvalue weighted by atomic mass is 32.2. The summed E-state index contributed by atoms with van der Waals surface area (Å²) < 4.78 is 1.94. The lowest BCUT2D eigenvalue weighted by molar-refractivity contribution is 0.514. The number of hydrogen-bond acceptors (Lipinski definition) is 5. The van der Waals surface area contributed by atoms with E-state index in [1.165, 1.54) is 32.1 Å². The monoisotopic (exact) mass is 269 g/mol. The minimum absolute atomic E-state index is 0.744. The number of aromatic nitrogens is 4. The van der Waals surface area contributed by atoms with Crippen molar-refractivity contribution in [1.82, 2.24) is 20.2 Å². The summed E-state index contributed by atoms with van der Waals surface area (Å²) in [6.45, 7) is 1.64. The van der Waals surface area contributed by atoms with Crippen LogP contribution >= 0.6 is 11.8 Å². The van der Waals surface area contributed by atoms with Gasteiger partial charge in [0.15, 0.2) is 5.82 Å². The lowest BCUT2D eigenvalue weighted by Gasteiger charge is -2.20. The molecule has 1 heterocycles. The van der Waals surface area contributed by atoms with Crippen LogP contribution in [0.5, 0.6) is 0 Å². The summed E-state index contributed by atoms with van der Waals surface area (Å²) in [5.74, 6) is 1.96. The third kappa shape index (κ3) is 4.24. The van der Waals surface area contributed by atoms with E-state index >= 15 is 0 Å². The molecule has 1 saturated carbocycles. The normalized spacial score (nSPS) is 17.2. The van der Waals surface area contributed by atoms with Gasteiger partial charge in [-0.15, -0.1) is 5.10 Å². The lowest BCUT2D eigenvalue weighted by Crippen LogP contribution is -2.11. The maximum atomic E-state index is 5.50. The summed E-state index contributed by atoms with van der Waals surface area (Å²) in [6.07, 6.45) is 9.00. The Kier molecular flexibility index (Phi) is 5.93. The van der Waals surface area contributed by atoms with E-state index in [1.54, 1.807) is 0 Å². The van der Waals surface area contributed by atoms with Gasteiger partial charge in [-0.2, -0.15) is 11.8 Å². The molecule has 0 aromatic carbocycles. The molecule has 1 aliphatic carbocycles. The van der Waals surface area contributed by atoms with E-state index in [9.17, 15) is 0 Å². The zero-order valence-electron chi connectivity index (χ0n) is 10.9. The van der Waals surface area contributed by atoms with E-state index in [-0.39, 0.29) is 0 Å². The van der Waals surface area contributed by atoms with Gasteiger partial charge in [0.1, 0.15) is 0 Å². The summed E-state index contributed by atoms with van der Waals surface area (Å²) in [6, 6.07) is 0. The fourth-order valence-electron chi connectivity index (χ4n) is 2.33. The molecule has 0 aliphatic heterocycles. The van der Waals surface area contributed by atoms with Crippen molar-refractivity contribution in [1.29, 1.82) is 0 Å². The first kappa shape index (κ1) is 13.8. The van der Waals surface area contributed by atoms with Gasteiger partial charge in [0.2, 0.25) is 0 Å². The molecule has 0 amide bonds.